The highest BCUT2D eigenvalue weighted by molar-refractivity contribution is 5.97. The molecule has 2 fully saturated rings. The van der Waals surface area contributed by atoms with Crippen LogP contribution in [0.2, 0.25) is 0 Å². The molecule has 2 atom stereocenters. The normalized spacial score (nSPS) is 22.4. The number of nitrogens with zero attached hydrogens (tertiary/aromatic N) is 3. The molecule has 0 spiro atoms. The van der Waals surface area contributed by atoms with Crippen LogP contribution >= 0.6 is 0 Å². The first-order chi connectivity index (χ1) is 16.7. The third kappa shape index (κ3) is 5.23. The van der Waals surface area contributed by atoms with Crippen molar-refractivity contribution in [3.8, 4) is 0 Å². The van der Waals surface area contributed by atoms with E-state index in [0.29, 0.717) is 42.3 Å². The Hall–Kier alpha value is -2.63. The van der Waals surface area contributed by atoms with Gasteiger partial charge in [0.15, 0.2) is 0 Å². The molecule has 196 valence electrons. The van der Waals surface area contributed by atoms with Crippen LogP contribution in [-0.2, 0) is 17.1 Å². The number of carbonyl (C=O) groups excluding carboxylic acids is 1. The minimum atomic E-state index is -5.05. The van der Waals surface area contributed by atoms with Gasteiger partial charge >= 0.3 is 12.4 Å². The molecule has 2 aromatic carbocycles. The molecular formula is C25H28F6N4O. The topological polar surface area (TPSA) is 52.8 Å². The predicted molar refractivity (Wildman–Crippen MR) is 123 cm³/mol. The Kier molecular flexibility index (Phi) is 6.87. The summed E-state index contributed by atoms with van der Waals surface area (Å²) in [5.41, 5.74) is -2.48. The average molecular weight is 515 g/mol. The lowest BCUT2D eigenvalue weighted by Gasteiger charge is -2.47. The van der Waals surface area contributed by atoms with Crippen molar-refractivity contribution in [3.05, 3.63) is 64.7 Å². The Morgan fingerprint density at radius 1 is 1.00 bits per heavy atom. The number of hydrogen-bond donors (Lipinski definition) is 1. The molecule has 2 aliphatic rings. The molecule has 0 saturated carbocycles. The molecule has 0 aromatic heterocycles. The van der Waals surface area contributed by atoms with Gasteiger partial charge in [-0.2, -0.15) is 26.3 Å². The number of halogens is 6. The molecule has 4 rings (SSSR count). The molecular weight excluding hydrogens is 486 g/mol. The zero-order valence-electron chi connectivity index (χ0n) is 20.0. The highest BCUT2D eigenvalue weighted by Crippen LogP contribution is 2.40. The molecule has 2 saturated heterocycles. The highest BCUT2D eigenvalue weighted by atomic mass is 19.4. The Labute approximate surface area is 205 Å². The van der Waals surface area contributed by atoms with E-state index in [1.54, 1.807) is 18.2 Å². The molecule has 1 amide bonds. The van der Waals surface area contributed by atoms with E-state index in [-0.39, 0.29) is 11.6 Å². The monoisotopic (exact) mass is 514 g/mol. The Balaban J connectivity index is 1.75. The molecule has 2 aliphatic heterocycles. The number of fused-ring (bicyclic) bond motifs is 1. The lowest BCUT2D eigenvalue weighted by molar-refractivity contribution is -0.143. The summed E-state index contributed by atoms with van der Waals surface area (Å²) in [4.78, 5) is 18.0. The smallest absolute Gasteiger partial charge is 0.295 e. The number of amides is 1. The summed E-state index contributed by atoms with van der Waals surface area (Å²) >= 11 is 0. The first kappa shape index (κ1) is 26.4. The fraction of sp³-hybridized carbons (Fsp3) is 0.480. The van der Waals surface area contributed by atoms with E-state index in [1.165, 1.54) is 0 Å². The van der Waals surface area contributed by atoms with Crippen LogP contribution in [0, 0.1) is 6.92 Å². The maximum absolute atomic E-state index is 13.8. The Morgan fingerprint density at radius 3 is 2.22 bits per heavy atom. The van der Waals surface area contributed by atoms with Gasteiger partial charge in [0, 0.05) is 25.2 Å². The summed E-state index contributed by atoms with van der Waals surface area (Å²) in [7, 11) is 0. The molecule has 5 nitrogen and oxygen atoms in total. The largest absolute Gasteiger partial charge is 0.416 e. The first-order valence-corrected chi connectivity index (χ1v) is 11.6. The van der Waals surface area contributed by atoms with Crippen LogP contribution in [-0.4, -0.2) is 47.4 Å². The van der Waals surface area contributed by atoms with Gasteiger partial charge in [-0.05, 0) is 57.0 Å². The van der Waals surface area contributed by atoms with Crippen molar-refractivity contribution in [1.82, 2.24) is 9.80 Å². The molecule has 11 heteroatoms. The number of aryl methyl sites for hydroxylation is 1. The van der Waals surface area contributed by atoms with E-state index < -0.39 is 41.1 Å². The molecule has 0 aliphatic carbocycles. The maximum Gasteiger partial charge on any atom is 0.416 e. The van der Waals surface area contributed by atoms with E-state index in [0.717, 1.165) is 24.9 Å². The number of benzene rings is 2. The summed E-state index contributed by atoms with van der Waals surface area (Å²) in [5.74, 6) is 5.19. The molecule has 2 aromatic rings. The van der Waals surface area contributed by atoms with Crippen LogP contribution in [0.25, 0.3) is 0 Å². The third-order valence-corrected chi connectivity index (χ3v) is 7.15. The summed E-state index contributed by atoms with van der Waals surface area (Å²) in [6.07, 6.45) is -8.17. The van der Waals surface area contributed by atoms with Crippen molar-refractivity contribution in [2.45, 2.75) is 50.6 Å². The van der Waals surface area contributed by atoms with Gasteiger partial charge in [-0.3, -0.25) is 14.6 Å². The summed E-state index contributed by atoms with van der Waals surface area (Å²) < 4.78 is 80.4. The van der Waals surface area contributed by atoms with E-state index in [2.05, 4.69) is 11.8 Å². The van der Waals surface area contributed by atoms with Crippen molar-refractivity contribution in [3.63, 3.8) is 0 Å². The van der Waals surface area contributed by atoms with Gasteiger partial charge in [0.1, 0.15) is 6.04 Å². The predicted octanol–water partition coefficient (Wildman–Crippen LogP) is 5.15. The van der Waals surface area contributed by atoms with E-state index in [4.69, 9.17) is 5.84 Å². The zero-order valence-corrected chi connectivity index (χ0v) is 20.0. The van der Waals surface area contributed by atoms with Crippen molar-refractivity contribution in [2.75, 3.05) is 31.2 Å². The van der Waals surface area contributed by atoms with Gasteiger partial charge in [0.25, 0.3) is 5.91 Å². The van der Waals surface area contributed by atoms with E-state index in [9.17, 15) is 31.1 Å². The molecule has 2 unspecified atom stereocenters. The van der Waals surface area contributed by atoms with Gasteiger partial charge in [-0.15, -0.1) is 0 Å². The average Bonchev–Trinajstić information content (AvgIpc) is 3.18. The van der Waals surface area contributed by atoms with E-state index >= 15 is 0 Å². The lowest BCUT2D eigenvalue weighted by Crippen LogP contribution is -2.60. The number of hydrazine groups is 1. The molecule has 36 heavy (non-hydrogen) atoms. The second-order valence-electron chi connectivity index (χ2n) is 9.85. The molecule has 0 radical (unpaired) electrons. The lowest BCUT2D eigenvalue weighted by atomic mass is 9.92. The van der Waals surface area contributed by atoms with Gasteiger partial charge in [0.05, 0.1) is 16.8 Å². The van der Waals surface area contributed by atoms with Crippen LogP contribution in [0.3, 0.4) is 0 Å². The van der Waals surface area contributed by atoms with Gasteiger partial charge in [-0.25, -0.2) is 10.9 Å². The van der Waals surface area contributed by atoms with Gasteiger partial charge < -0.3 is 0 Å². The van der Waals surface area contributed by atoms with Gasteiger partial charge in [0.2, 0.25) is 0 Å². The summed E-state index contributed by atoms with van der Waals surface area (Å²) in [5, 5.41) is 0.417. The Bertz CT molecular complexity index is 1100. The van der Waals surface area contributed by atoms with Crippen LogP contribution in [0.4, 0.5) is 32.0 Å². The molecule has 2 N–H and O–H groups in total. The third-order valence-electron chi connectivity index (χ3n) is 7.15. The number of rotatable bonds is 4. The standard InChI is InChI=1S/C25H28F6N4O/c1-16-5-3-6-17(11-16)21(33-9-10-34-8-4-7-23(34,2)15-33)22(36)35(32)20-13-18(24(26,27)28)12-19(14-20)25(29,30)31/h3,5-6,11-14,21H,4,7-10,15,32H2,1-2H3. The van der Waals surface area contributed by atoms with Crippen molar-refractivity contribution < 1.29 is 31.1 Å². The highest BCUT2D eigenvalue weighted by Gasteiger charge is 2.45. The van der Waals surface area contributed by atoms with Crippen LogP contribution in [0.15, 0.2) is 42.5 Å². The van der Waals surface area contributed by atoms with Crippen molar-refractivity contribution in [1.29, 1.82) is 0 Å². The second-order valence-corrected chi connectivity index (χ2v) is 9.85. The number of hydrogen-bond acceptors (Lipinski definition) is 4. The fourth-order valence-corrected chi connectivity index (χ4v) is 5.31. The fourth-order valence-electron chi connectivity index (χ4n) is 5.31. The maximum atomic E-state index is 13.8. The molecule has 0 bridgehead atoms. The Morgan fingerprint density at radius 2 is 1.64 bits per heavy atom. The number of anilines is 1. The zero-order chi connectivity index (χ0) is 26.5. The van der Waals surface area contributed by atoms with Crippen molar-refractivity contribution >= 4 is 11.6 Å². The minimum absolute atomic E-state index is 0.0139. The number of carbonyl (C=O) groups is 1. The minimum Gasteiger partial charge on any atom is -0.295 e. The first-order valence-electron chi connectivity index (χ1n) is 11.6. The summed E-state index contributed by atoms with van der Waals surface area (Å²) in [6.45, 7) is 6.60. The number of alkyl halides is 6. The van der Waals surface area contributed by atoms with Gasteiger partial charge in [-0.1, -0.05) is 29.8 Å². The van der Waals surface area contributed by atoms with Crippen molar-refractivity contribution in [2.24, 2.45) is 5.84 Å². The van der Waals surface area contributed by atoms with E-state index in [1.807, 2.05) is 17.9 Å². The quantitative estimate of drug-likeness (QED) is 0.265. The number of piperazine rings is 1. The molecule has 2 heterocycles. The second kappa shape index (κ2) is 9.35. The SMILES string of the molecule is Cc1cccc(C(C(=O)N(N)c2cc(C(F)(F)F)cc(C(F)(F)F)c2)N2CCN3CCCC3(C)C2)c1. The number of nitrogens with two attached hydrogens (primary N) is 1. The summed E-state index contributed by atoms with van der Waals surface area (Å²) in [6, 6.07) is 7.08. The van der Waals surface area contributed by atoms with Crippen LogP contribution in [0.1, 0.15) is 48.1 Å². The van der Waals surface area contributed by atoms with Crippen LogP contribution in [0.5, 0.6) is 0 Å². The van der Waals surface area contributed by atoms with Crippen LogP contribution < -0.4 is 10.9 Å².